The van der Waals surface area contributed by atoms with Gasteiger partial charge in [-0.1, -0.05) is 0 Å². The van der Waals surface area contributed by atoms with Gasteiger partial charge in [-0.3, -0.25) is 4.79 Å². The number of halogens is 1. The van der Waals surface area contributed by atoms with Crippen molar-refractivity contribution in [3.05, 3.63) is 29.6 Å². The molecule has 0 unspecified atom stereocenters. The molecule has 0 fully saturated rings. The third-order valence-corrected chi connectivity index (χ3v) is 1.91. The first-order valence-corrected chi connectivity index (χ1v) is 4.99. The topological polar surface area (TPSA) is 38.3 Å². The van der Waals surface area contributed by atoms with Gasteiger partial charge in [0.1, 0.15) is 11.6 Å². The molecule has 0 heterocycles. The number of carbonyl (C=O) groups is 1. The molecule has 4 heteroatoms. The third-order valence-electron chi connectivity index (χ3n) is 1.91. The minimum atomic E-state index is -0.582. The van der Waals surface area contributed by atoms with Crippen LogP contribution in [0.25, 0.3) is 0 Å². The van der Waals surface area contributed by atoms with E-state index in [1.165, 1.54) is 19.2 Å². The fraction of sp³-hybridized carbons (Fsp3) is 0.417. The summed E-state index contributed by atoms with van der Waals surface area (Å²) in [7, 11) is 1.45. The van der Waals surface area contributed by atoms with Crippen LogP contribution in [0.3, 0.4) is 0 Å². The monoisotopic (exact) mass is 225 g/mol. The molecule has 1 N–H and O–H groups in total. The minimum Gasteiger partial charge on any atom is -0.497 e. The zero-order valence-electron chi connectivity index (χ0n) is 9.93. The Morgan fingerprint density at radius 1 is 1.38 bits per heavy atom. The molecule has 0 aliphatic carbocycles. The smallest absolute Gasteiger partial charge is 0.254 e. The highest BCUT2D eigenvalue weighted by molar-refractivity contribution is 5.95. The molecule has 0 radical (unpaired) electrons. The summed E-state index contributed by atoms with van der Waals surface area (Å²) in [5.74, 6) is -0.612. The minimum absolute atomic E-state index is 0.0238. The molecule has 0 aromatic heterocycles. The molecule has 1 amide bonds. The van der Waals surface area contributed by atoms with Gasteiger partial charge in [0.25, 0.3) is 5.91 Å². The molecule has 0 saturated heterocycles. The predicted octanol–water partition coefficient (Wildman–Crippen LogP) is 2.36. The first-order valence-electron chi connectivity index (χ1n) is 4.99. The van der Waals surface area contributed by atoms with Crippen LogP contribution >= 0.6 is 0 Å². The SMILES string of the molecule is COc1ccc(C(=O)NC(C)(C)C)c(F)c1. The van der Waals surface area contributed by atoms with Gasteiger partial charge in [-0.05, 0) is 32.9 Å². The zero-order chi connectivity index (χ0) is 12.3. The van der Waals surface area contributed by atoms with Crippen molar-refractivity contribution in [2.24, 2.45) is 0 Å². The van der Waals surface area contributed by atoms with Crippen LogP contribution in [-0.2, 0) is 0 Å². The van der Waals surface area contributed by atoms with Crippen molar-refractivity contribution >= 4 is 5.91 Å². The average Bonchev–Trinajstić information content (AvgIpc) is 2.14. The van der Waals surface area contributed by atoms with Crippen LogP contribution in [0.1, 0.15) is 31.1 Å². The van der Waals surface area contributed by atoms with E-state index in [0.29, 0.717) is 5.75 Å². The van der Waals surface area contributed by atoms with Crippen LogP contribution in [0.4, 0.5) is 4.39 Å². The fourth-order valence-corrected chi connectivity index (χ4v) is 1.21. The van der Waals surface area contributed by atoms with Gasteiger partial charge in [-0.15, -0.1) is 0 Å². The van der Waals surface area contributed by atoms with Gasteiger partial charge < -0.3 is 10.1 Å². The van der Waals surface area contributed by atoms with Crippen LogP contribution in [0.15, 0.2) is 18.2 Å². The van der Waals surface area contributed by atoms with Crippen molar-refractivity contribution in [1.82, 2.24) is 5.32 Å². The maximum atomic E-state index is 13.5. The second-order valence-corrected chi connectivity index (χ2v) is 4.55. The molecule has 3 nitrogen and oxygen atoms in total. The Morgan fingerprint density at radius 2 is 2.00 bits per heavy atom. The average molecular weight is 225 g/mol. The second kappa shape index (κ2) is 4.51. The maximum absolute atomic E-state index is 13.5. The molecule has 1 aromatic carbocycles. The molecule has 0 atom stereocenters. The van der Waals surface area contributed by atoms with Gasteiger partial charge in [0.2, 0.25) is 0 Å². The lowest BCUT2D eigenvalue weighted by molar-refractivity contribution is 0.0915. The first-order chi connectivity index (χ1) is 7.33. The van der Waals surface area contributed by atoms with Crippen molar-refractivity contribution in [1.29, 1.82) is 0 Å². The zero-order valence-corrected chi connectivity index (χ0v) is 9.93. The highest BCUT2D eigenvalue weighted by atomic mass is 19.1. The number of amides is 1. The van der Waals surface area contributed by atoms with Crippen LogP contribution in [-0.4, -0.2) is 18.6 Å². The molecule has 88 valence electrons. The van der Waals surface area contributed by atoms with Crippen LogP contribution < -0.4 is 10.1 Å². The number of rotatable bonds is 2. The molecule has 0 aliphatic heterocycles. The van der Waals surface area contributed by atoms with Crippen molar-refractivity contribution < 1.29 is 13.9 Å². The number of benzene rings is 1. The van der Waals surface area contributed by atoms with Crippen LogP contribution in [0.2, 0.25) is 0 Å². The van der Waals surface area contributed by atoms with Gasteiger partial charge in [-0.2, -0.15) is 0 Å². The van der Waals surface area contributed by atoms with E-state index in [1.54, 1.807) is 6.07 Å². The summed E-state index contributed by atoms with van der Waals surface area (Å²) in [4.78, 5) is 11.7. The second-order valence-electron chi connectivity index (χ2n) is 4.55. The molecule has 0 saturated carbocycles. The third kappa shape index (κ3) is 3.22. The van der Waals surface area contributed by atoms with Crippen molar-refractivity contribution in [3.63, 3.8) is 0 Å². The van der Waals surface area contributed by atoms with Gasteiger partial charge in [0.15, 0.2) is 0 Å². The standard InChI is InChI=1S/C12H16FNO2/c1-12(2,3)14-11(15)9-6-5-8(16-4)7-10(9)13/h5-7H,1-4H3,(H,14,15). The first kappa shape index (κ1) is 12.5. The Kier molecular flexibility index (Phi) is 3.52. The molecule has 0 spiro atoms. The summed E-state index contributed by atoms with van der Waals surface area (Å²) < 4.78 is 18.4. The van der Waals surface area contributed by atoms with E-state index in [9.17, 15) is 9.18 Å². The largest absolute Gasteiger partial charge is 0.497 e. The van der Waals surface area contributed by atoms with E-state index >= 15 is 0 Å². The van der Waals surface area contributed by atoms with E-state index in [4.69, 9.17) is 4.74 Å². The molecular weight excluding hydrogens is 209 g/mol. The van der Waals surface area contributed by atoms with Gasteiger partial charge in [0.05, 0.1) is 12.7 Å². The Morgan fingerprint density at radius 3 is 2.44 bits per heavy atom. The number of nitrogens with one attached hydrogen (secondary N) is 1. The lowest BCUT2D eigenvalue weighted by Crippen LogP contribution is -2.40. The van der Waals surface area contributed by atoms with Crippen molar-refractivity contribution in [3.8, 4) is 5.75 Å². The summed E-state index contributed by atoms with van der Waals surface area (Å²) in [5, 5.41) is 2.69. The summed E-state index contributed by atoms with van der Waals surface area (Å²) in [5.41, 5.74) is -0.362. The van der Waals surface area contributed by atoms with E-state index < -0.39 is 11.7 Å². The van der Waals surface area contributed by atoms with Gasteiger partial charge >= 0.3 is 0 Å². The lowest BCUT2D eigenvalue weighted by atomic mass is 10.1. The highest BCUT2D eigenvalue weighted by Crippen LogP contribution is 2.16. The predicted molar refractivity (Wildman–Crippen MR) is 60.2 cm³/mol. The number of ether oxygens (including phenoxy) is 1. The van der Waals surface area contributed by atoms with E-state index in [0.717, 1.165) is 0 Å². The molecule has 16 heavy (non-hydrogen) atoms. The van der Waals surface area contributed by atoms with Crippen LogP contribution in [0.5, 0.6) is 5.75 Å². The normalized spacial score (nSPS) is 11.1. The molecular formula is C12H16FNO2. The molecule has 1 aromatic rings. The Balaban J connectivity index is 2.93. The van der Waals surface area contributed by atoms with Crippen molar-refractivity contribution in [2.75, 3.05) is 7.11 Å². The number of hydrogen-bond donors (Lipinski definition) is 1. The highest BCUT2D eigenvalue weighted by Gasteiger charge is 2.18. The quantitative estimate of drug-likeness (QED) is 0.839. The Bertz CT molecular complexity index is 396. The number of hydrogen-bond acceptors (Lipinski definition) is 2. The molecule has 0 bridgehead atoms. The molecule has 1 rings (SSSR count). The van der Waals surface area contributed by atoms with E-state index in [2.05, 4.69) is 5.32 Å². The van der Waals surface area contributed by atoms with E-state index in [-0.39, 0.29) is 11.1 Å². The Hall–Kier alpha value is -1.58. The number of carbonyl (C=O) groups excluding carboxylic acids is 1. The summed E-state index contributed by atoms with van der Waals surface area (Å²) in [6, 6.07) is 4.16. The summed E-state index contributed by atoms with van der Waals surface area (Å²) in [6.07, 6.45) is 0. The summed E-state index contributed by atoms with van der Waals surface area (Å²) >= 11 is 0. The van der Waals surface area contributed by atoms with Gasteiger partial charge in [-0.25, -0.2) is 4.39 Å². The summed E-state index contributed by atoms with van der Waals surface area (Å²) in [6.45, 7) is 5.52. The molecule has 0 aliphatic rings. The number of methoxy groups -OCH3 is 1. The lowest BCUT2D eigenvalue weighted by Gasteiger charge is -2.20. The maximum Gasteiger partial charge on any atom is 0.254 e. The fourth-order valence-electron chi connectivity index (χ4n) is 1.21. The van der Waals surface area contributed by atoms with Crippen LogP contribution in [0, 0.1) is 5.82 Å². The van der Waals surface area contributed by atoms with E-state index in [1.807, 2.05) is 20.8 Å². The van der Waals surface area contributed by atoms with Gasteiger partial charge in [0, 0.05) is 11.6 Å². The van der Waals surface area contributed by atoms with Crippen molar-refractivity contribution in [2.45, 2.75) is 26.3 Å². The Labute approximate surface area is 94.6 Å².